The van der Waals surface area contributed by atoms with Crippen LogP contribution in [0, 0.1) is 5.92 Å². The van der Waals surface area contributed by atoms with E-state index in [2.05, 4.69) is 5.32 Å². The number of hydrogen-bond acceptors (Lipinski definition) is 1. The highest BCUT2D eigenvalue weighted by molar-refractivity contribution is 5.32. The van der Waals surface area contributed by atoms with Crippen molar-refractivity contribution < 1.29 is 13.2 Å². The van der Waals surface area contributed by atoms with Gasteiger partial charge >= 0.3 is 6.18 Å². The molecule has 0 heterocycles. The van der Waals surface area contributed by atoms with Crippen molar-refractivity contribution in [3.8, 4) is 0 Å². The van der Waals surface area contributed by atoms with Gasteiger partial charge in [-0.05, 0) is 43.5 Å². The van der Waals surface area contributed by atoms with Gasteiger partial charge in [0.1, 0.15) is 0 Å². The maximum Gasteiger partial charge on any atom is 0.416 e. The van der Waals surface area contributed by atoms with E-state index in [0.29, 0.717) is 11.8 Å². The average molecular weight is 229 g/mol. The first-order valence-corrected chi connectivity index (χ1v) is 5.34. The summed E-state index contributed by atoms with van der Waals surface area (Å²) in [5.41, 5.74) is 0.273. The summed E-state index contributed by atoms with van der Waals surface area (Å²) in [6.07, 6.45) is -3.24. The van der Waals surface area contributed by atoms with Crippen LogP contribution in [-0.4, -0.2) is 13.6 Å². The highest BCUT2D eigenvalue weighted by atomic mass is 19.4. The third-order valence-electron chi connectivity index (χ3n) is 3.03. The minimum atomic E-state index is -4.23. The Morgan fingerprint density at radius 2 is 2.12 bits per heavy atom. The van der Waals surface area contributed by atoms with E-state index in [1.807, 2.05) is 7.05 Å². The molecule has 1 aliphatic rings. The monoisotopic (exact) mass is 229 g/mol. The highest BCUT2D eigenvalue weighted by Crippen LogP contribution is 2.47. The number of nitrogens with one attached hydrogen (secondary N) is 1. The Bertz CT molecular complexity index is 373. The third-order valence-corrected chi connectivity index (χ3v) is 3.03. The van der Waals surface area contributed by atoms with Crippen molar-refractivity contribution in [2.75, 3.05) is 13.6 Å². The van der Waals surface area contributed by atoms with Gasteiger partial charge in [0.2, 0.25) is 0 Å². The zero-order chi connectivity index (χ0) is 11.8. The fraction of sp³-hybridized carbons (Fsp3) is 0.500. The third kappa shape index (κ3) is 2.38. The summed E-state index contributed by atoms with van der Waals surface area (Å²) in [5, 5.41) is 3.05. The van der Waals surface area contributed by atoms with Crippen molar-refractivity contribution in [1.29, 1.82) is 0 Å². The van der Waals surface area contributed by atoms with Crippen molar-refractivity contribution in [3.05, 3.63) is 35.4 Å². The summed E-state index contributed by atoms with van der Waals surface area (Å²) >= 11 is 0. The van der Waals surface area contributed by atoms with Crippen LogP contribution >= 0.6 is 0 Å². The Morgan fingerprint density at radius 1 is 1.38 bits per heavy atom. The molecule has 1 nitrogen and oxygen atoms in total. The Hall–Kier alpha value is -1.03. The lowest BCUT2D eigenvalue weighted by atomic mass is 10.1. The van der Waals surface area contributed by atoms with E-state index in [-0.39, 0.29) is 0 Å². The average Bonchev–Trinajstić information content (AvgIpc) is 2.97. The molecule has 1 N–H and O–H groups in total. The lowest BCUT2D eigenvalue weighted by molar-refractivity contribution is -0.137. The van der Waals surface area contributed by atoms with Gasteiger partial charge in [-0.25, -0.2) is 0 Å². The first-order chi connectivity index (χ1) is 7.52. The van der Waals surface area contributed by atoms with E-state index in [9.17, 15) is 13.2 Å². The van der Waals surface area contributed by atoms with Gasteiger partial charge in [-0.3, -0.25) is 0 Å². The molecule has 0 saturated heterocycles. The molecule has 0 aromatic heterocycles. The van der Waals surface area contributed by atoms with Crippen LogP contribution in [0.2, 0.25) is 0 Å². The molecule has 0 aliphatic heterocycles. The van der Waals surface area contributed by atoms with Gasteiger partial charge in [0.15, 0.2) is 0 Å². The van der Waals surface area contributed by atoms with E-state index in [1.54, 1.807) is 6.07 Å². The molecule has 0 bridgehead atoms. The molecule has 2 rings (SSSR count). The predicted octanol–water partition coefficient (Wildman–Crippen LogP) is 3.03. The van der Waals surface area contributed by atoms with Crippen molar-refractivity contribution in [2.45, 2.75) is 18.5 Å². The van der Waals surface area contributed by atoms with Crippen LogP contribution < -0.4 is 5.32 Å². The van der Waals surface area contributed by atoms with Crippen LogP contribution in [0.25, 0.3) is 0 Å². The van der Waals surface area contributed by atoms with Crippen LogP contribution in [0.1, 0.15) is 23.5 Å². The number of halogens is 3. The van der Waals surface area contributed by atoms with Crippen LogP contribution in [0.15, 0.2) is 24.3 Å². The van der Waals surface area contributed by atoms with Crippen LogP contribution in [0.4, 0.5) is 13.2 Å². The van der Waals surface area contributed by atoms with E-state index in [1.165, 1.54) is 12.1 Å². The molecule has 1 aromatic carbocycles. The van der Waals surface area contributed by atoms with Gasteiger partial charge in [0.25, 0.3) is 0 Å². The Labute approximate surface area is 92.7 Å². The number of rotatable bonds is 3. The van der Waals surface area contributed by atoms with Gasteiger partial charge in [-0.1, -0.05) is 18.2 Å². The Kier molecular flexibility index (Phi) is 2.93. The van der Waals surface area contributed by atoms with Gasteiger partial charge in [-0.2, -0.15) is 13.2 Å². The van der Waals surface area contributed by atoms with Gasteiger partial charge in [0.05, 0.1) is 5.56 Å². The maximum absolute atomic E-state index is 12.5. The normalized spacial score (nSPS) is 24.5. The van der Waals surface area contributed by atoms with E-state index in [4.69, 9.17) is 0 Å². The molecule has 0 spiro atoms. The van der Waals surface area contributed by atoms with E-state index >= 15 is 0 Å². The highest BCUT2D eigenvalue weighted by Gasteiger charge is 2.39. The SMILES string of the molecule is CNC[C@@H]1C[C@H]1c1cccc(C(F)(F)F)c1. The molecule has 0 amide bonds. The first-order valence-electron chi connectivity index (χ1n) is 5.34. The summed E-state index contributed by atoms with van der Waals surface area (Å²) in [6, 6.07) is 5.68. The first kappa shape index (κ1) is 11.5. The molecule has 0 unspecified atom stereocenters. The molecule has 0 radical (unpaired) electrons. The lowest BCUT2D eigenvalue weighted by Crippen LogP contribution is -2.10. The van der Waals surface area contributed by atoms with Crippen molar-refractivity contribution in [3.63, 3.8) is 0 Å². The Balaban J connectivity index is 2.12. The molecule has 1 aromatic rings. The minimum absolute atomic E-state index is 0.301. The smallest absolute Gasteiger partial charge is 0.319 e. The quantitative estimate of drug-likeness (QED) is 0.840. The summed E-state index contributed by atoms with van der Waals surface area (Å²) < 4.78 is 37.5. The molecule has 2 atom stereocenters. The lowest BCUT2D eigenvalue weighted by Gasteiger charge is -2.08. The van der Waals surface area contributed by atoms with Crippen LogP contribution in [0.3, 0.4) is 0 Å². The summed E-state index contributed by atoms with van der Waals surface area (Å²) in [4.78, 5) is 0. The molecular weight excluding hydrogens is 215 g/mol. The van der Waals surface area contributed by atoms with Crippen molar-refractivity contribution in [2.24, 2.45) is 5.92 Å². The van der Waals surface area contributed by atoms with Crippen molar-refractivity contribution >= 4 is 0 Å². The van der Waals surface area contributed by atoms with Crippen LogP contribution in [-0.2, 0) is 6.18 Å². The summed E-state index contributed by atoms with van der Waals surface area (Å²) in [7, 11) is 1.86. The van der Waals surface area contributed by atoms with Gasteiger partial charge in [-0.15, -0.1) is 0 Å². The molecule has 88 valence electrons. The molecule has 1 aliphatic carbocycles. The zero-order valence-electron chi connectivity index (χ0n) is 9.01. The largest absolute Gasteiger partial charge is 0.416 e. The van der Waals surface area contributed by atoms with E-state index < -0.39 is 11.7 Å². The molecule has 1 saturated carbocycles. The fourth-order valence-corrected chi connectivity index (χ4v) is 2.09. The van der Waals surface area contributed by atoms with Gasteiger partial charge in [0, 0.05) is 0 Å². The number of benzene rings is 1. The molecule has 16 heavy (non-hydrogen) atoms. The summed E-state index contributed by atoms with van der Waals surface area (Å²) in [6.45, 7) is 0.876. The molecular formula is C12H14F3N. The minimum Gasteiger partial charge on any atom is -0.319 e. The molecule has 4 heteroatoms. The fourth-order valence-electron chi connectivity index (χ4n) is 2.09. The maximum atomic E-state index is 12.5. The molecule has 1 fully saturated rings. The Morgan fingerprint density at radius 3 is 2.75 bits per heavy atom. The number of hydrogen-bond donors (Lipinski definition) is 1. The van der Waals surface area contributed by atoms with Gasteiger partial charge < -0.3 is 5.32 Å². The summed E-state index contributed by atoms with van der Waals surface area (Å²) in [5.74, 6) is 0.795. The second-order valence-electron chi connectivity index (χ2n) is 4.28. The number of alkyl halides is 3. The van der Waals surface area contributed by atoms with Crippen molar-refractivity contribution in [1.82, 2.24) is 5.32 Å². The predicted molar refractivity (Wildman–Crippen MR) is 56.2 cm³/mol. The second-order valence-corrected chi connectivity index (χ2v) is 4.28. The van der Waals surface area contributed by atoms with Crippen LogP contribution in [0.5, 0.6) is 0 Å². The zero-order valence-corrected chi connectivity index (χ0v) is 9.01. The topological polar surface area (TPSA) is 12.0 Å². The standard InChI is InChI=1S/C12H14F3N/c1-16-7-9-6-11(9)8-3-2-4-10(5-8)12(13,14)15/h2-5,9,11,16H,6-7H2,1H3/t9-,11-/m0/s1. The van der Waals surface area contributed by atoms with E-state index in [0.717, 1.165) is 24.6 Å². The second kappa shape index (κ2) is 4.09.